The number of hydrogen-bond acceptors (Lipinski definition) is 3. The summed E-state index contributed by atoms with van der Waals surface area (Å²) in [5.74, 6) is 0.339. The molecule has 0 saturated carbocycles. The molecule has 2 rings (SSSR count). The second kappa shape index (κ2) is 5.54. The van der Waals surface area contributed by atoms with E-state index in [4.69, 9.17) is 5.14 Å². The van der Waals surface area contributed by atoms with Crippen LogP contribution < -0.4 is 5.14 Å². The molecule has 1 aromatic rings. The van der Waals surface area contributed by atoms with E-state index in [1.807, 2.05) is 11.8 Å². The Hall–Kier alpha value is -1.40. The summed E-state index contributed by atoms with van der Waals surface area (Å²) in [6.45, 7) is 4.85. The van der Waals surface area contributed by atoms with Gasteiger partial charge in [0, 0.05) is 18.2 Å². The highest BCUT2D eigenvalue weighted by Crippen LogP contribution is 2.23. The molecule has 1 heterocycles. The number of rotatable bonds is 2. The first-order chi connectivity index (χ1) is 9.29. The van der Waals surface area contributed by atoms with E-state index in [2.05, 4.69) is 6.92 Å². The van der Waals surface area contributed by atoms with Gasteiger partial charge in [0.25, 0.3) is 5.91 Å². The lowest BCUT2D eigenvalue weighted by atomic mass is 9.94. The molecule has 2 N–H and O–H groups in total. The highest BCUT2D eigenvalue weighted by Gasteiger charge is 2.28. The van der Waals surface area contributed by atoms with Gasteiger partial charge in [-0.25, -0.2) is 13.6 Å². The molecule has 0 aliphatic carbocycles. The van der Waals surface area contributed by atoms with E-state index in [1.54, 1.807) is 12.1 Å². The second-order valence-corrected chi connectivity index (χ2v) is 7.12. The Bertz CT molecular complexity index is 613. The number of benzene rings is 1. The van der Waals surface area contributed by atoms with E-state index in [1.165, 1.54) is 12.1 Å². The number of sulfonamides is 1. The van der Waals surface area contributed by atoms with Crippen molar-refractivity contribution in [3.05, 3.63) is 29.8 Å². The molecule has 110 valence electrons. The molecule has 0 bridgehead atoms. The SMILES string of the molecule is CC1CCC(C)N(C(=O)c2cccc(S(N)(=O)=O)c2)C1. The van der Waals surface area contributed by atoms with Gasteiger partial charge in [0.05, 0.1) is 4.90 Å². The zero-order valence-electron chi connectivity index (χ0n) is 11.7. The Morgan fingerprint density at radius 1 is 1.30 bits per heavy atom. The van der Waals surface area contributed by atoms with Gasteiger partial charge in [-0.15, -0.1) is 0 Å². The molecule has 1 fully saturated rings. The van der Waals surface area contributed by atoms with Gasteiger partial charge in [0.1, 0.15) is 0 Å². The van der Waals surface area contributed by atoms with Crippen molar-refractivity contribution in [1.82, 2.24) is 4.90 Å². The fourth-order valence-corrected chi connectivity index (χ4v) is 3.10. The minimum Gasteiger partial charge on any atom is -0.336 e. The summed E-state index contributed by atoms with van der Waals surface area (Å²) in [4.78, 5) is 14.3. The van der Waals surface area contributed by atoms with Gasteiger partial charge in [0.2, 0.25) is 10.0 Å². The molecule has 0 radical (unpaired) electrons. The quantitative estimate of drug-likeness (QED) is 0.900. The van der Waals surface area contributed by atoms with Gasteiger partial charge in [-0.3, -0.25) is 4.79 Å². The average molecular weight is 296 g/mol. The number of carbonyl (C=O) groups excluding carboxylic acids is 1. The van der Waals surface area contributed by atoms with Crippen LogP contribution in [0.3, 0.4) is 0 Å². The van der Waals surface area contributed by atoms with Crippen molar-refractivity contribution < 1.29 is 13.2 Å². The van der Waals surface area contributed by atoms with Crippen LogP contribution in [0, 0.1) is 5.92 Å². The van der Waals surface area contributed by atoms with Crippen LogP contribution >= 0.6 is 0 Å². The third kappa shape index (κ3) is 3.19. The van der Waals surface area contributed by atoms with E-state index >= 15 is 0 Å². The molecule has 1 saturated heterocycles. The van der Waals surface area contributed by atoms with Crippen molar-refractivity contribution >= 4 is 15.9 Å². The Balaban J connectivity index is 2.29. The topological polar surface area (TPSA) is 80.5 Å². The van der Waals surface area contributed by atoms with E-state index in [0.717, 1.165) is 12.8 Å². The third-order valence-corrected chi connectivity index (χ3v) is 4.70. The lowest BCUT2D eigenvalue weighted by Gasteiger charge is -2.36. The van der Waals surface area contributed by atoms with E-state index in [0.29, 0.717) is 18.0 Å². The lowest BCUT2D eigenvalue weighted by molar-refractivity contribution is 0.0574. The maximum Gasteiger partial charge on any atom is 0.254 e. The van der Waals surface area contributed by atoms with Crippen LogP contribution in [0.1, 0.15) is 37.0 Å². The van der Waals surface area contributed by atoms with Crippen molar-refractivity contribution in [1.29, 1.82) is 0 Å². The molecule has 20 heavy (non-hydrogen) atoms. The first-order valence-electron chi connectivity index (χ1n) is 6.73. The average Bonchev–Trinajstić information content (AvgIpc) is 2.40. The Labute approximate surface area is 119 Å². The van der Waals surface area contributed by atoms with Crippen molar-refractivity contribution in [2.24, 2.45) is 11.1 Å². The van der Waals surface area contributed by atoms with Gasteiger partial charge < -0.3 is 4.90 Å². The fraction of sp³-hybridized carbons (Fsp3) is 0.500. The van der Waals surface area contributed by atoms with Crippen LogP contribution in [0.2, 0.25) is 0 Å². The highest BCUT2D eigenvalue weighted by atomic mass is 32.2. The number of primary sulfonamides is 1. The van der Waals surface area contributed by atoms with Crippen LogP contribution in [-0.2, 0) is 10.0 Å². The molecule has 1 aliphatic heterocycles. The minimum absolute atomic E-state index is 0.0268. The summed E-state index contributed by atoms with van der Waals surface area (Å²) in [6.07, 6.45) is 2.09. The first kappa shape index (κ1) is 15.0. The number of amides is 1. The number of piperidine rings is 1. The van der Waals surface area contributed by atoms with Gasteiger partial charge in [-0.1, -0.05) is 13.0 Å². The van der Waals surface area contributed by atoms with E-state index in [9.17, 15) is 13.2 Å². The van der Waals surface area contributed by atoms with Crippen molar-refractivity contribution in [3.8, 4) is 0 Å². The molecular weight excluding hydrogens is 276 g/mol. The molecule has 1 aliphatic rings. The lowest BCUT2D eigenvalue weighted by Crippen LogP contribution is -2.44. The second-order valence-electron chi connectivity index (χ2n) is 5.56. The highest BCUT2D eigenvalue weighted by molar-refractivity contribution is 7.89. The van der Waals surface area contributed by atoms with Gasteiger partial charge in [-0.05, 0) is 43.9 Å². The number of nitrogens with two attached hydrogens (primary N) is 1. The number of likely N-dealkylation sites (tertiary alicyclic amines) is 1. The van der Waals surface area contributed by atoms with Gasteiger partial charge >= 0.3 is 0 Å². The zero-order chi connectivity index (χ0) is 14.9. The molecule has 1 amide bonds. The van der Waals surface area contributed by atoms with Crippen LogP contribution in [0.25, 0.3) is 0 Å². The maximum atomic E-state index is 12.5. The monoisotopic (exact) mass is 296 g/mol. The summed E-state index contributed by atoms with van der Waals surface area (Å²) in [7, 11) is -3.78. The van der Waals surface area contributed by atoms with Gasteiger partial charge in [0.15, 0.2) is 0 Å². The molecule has 0 spiro atoms. The smallest absolute Gasteiger partial charge is 0.254 e. The Morgan fingerprint density at radius 2 is 2.00 bits per heavy atom. The summed E-state index contributed by atoms with van der Waals surface area (Å²) >= 11 is 0. The molecule has 2 unspecified atom stereocenters. The first-order valence-corrected chi connectivity index (χ1v) is 8.27. The zero-order valence-corrected chi connectivity index (χ0v) is 12.6. The molecule has 5 nitrogen and oxygen atoms in total. The standard InChI is InChI=1S/C14H20N2O3S/c1-10-6-7-11(2)16(9-10)14(17)12-4-3-5-13(8-12)20(15,18)19/h3-5,8,10-11H,6-7,9H2,1-2H3,(H2,15,18,19). The van der Waals surface area contributed by atoms with Crippen molar-refractivity contribution in [2.75, 3.05) is 6.54 Å². The summed E-state index contributed by atoms with van der Waals surface area (Å²) in [5.41, 5.74) is 0.373. The Morgan fingerprint density at radius 3 is 2.65 bits per heavy atom. The van der Waals surface area contributed by atoms with E-state index < -0.39 is 10.0 Å². The third-order valence-electron chi connectivity index (χ3n) is 3.79. The minimum atomic E-state index is -3.78. The van der Waals surface area contributed by atoms with Crippen LogP contribution in [-0.4, -0.2) is 31.8 Å². The molecular formula is C14H20N2O3S. The van der Waals surface area contributed by atoms with Crippen molar-refractivity contribution in [2.45, 2.75) is 37.6 Å². The predicted molar refractivity (Wildman–Crippen MR) is 76.7 cm³/mol. The molecule has 2 atom stereocenters. The number of carbonyl (C=O) groups is 1. The predicted octanol–water partition coefficient (Wildman–Crippen LogP) is 1.59. The van der Waals surface area contributed by atoms with Gasteiger partial charge in [-0.2, -0.15) is 0 Å². The summed E-state index contributed by atoms with van der Waals surface area (Å²) in [5, 5.41) is 5.10. The number of nitrogens with zero attached hydrogens (tertiary/aromatic N) is 1. The fourth-order valence-electron chi connectivity index (χ4n) is 2.54. The normalized spacial score (nSPS) is 23.6. The Kier molecular flexibility index (Phi) is 4.15. The van der Waals surface area contributed by atoms with Crippen LogP contribution in [0.5, 0.6) is 0 Å². The van der Waals surface area contributed by atoms with Crippen LogP contribution in [0.15, 0.2) is 29.2 Å². The van der Waals surface area contributed by atoms with E-state index in [-0.39, 0.29) is 16.8 Å². The number of hydrogen-bond donors (Lipinski definition) is 1. The van der Waals surface area contributed by atoms with Crippen LogP contribution in [0.4, 0.5) is 0 Å². The molecule has 1 aromatic carbocycles. The maximum absolute atomic E-state index is 12.5. The largest absolute Gasteiger partial charge is 0.336 e. The summed E-state index contributed by atoms with van der Waals surface area (Å²) < 4.78 is 22.7. The van der Waals surface area contributed by atoms with Crippen molar-refractivity contribution in [3.63, 3.8) is 0 Å². The molecule has 0 aromatic heterocycles. The summed E-state index contributed by atoms with van der Waals surface area (Å²) in [6, 6.07) is 6.10. The molecule has 6 heteroatoms.